The second-order valence-corrected chi connectivity index (χ2v) is 21.8. The zero-order valence-corrected chi connectivity index (χ0v) is 41.2. The van der Waals surface area contributed by atoms with Crippen LogP contribution >= 0.6 is 0 Å². The zero-order chi connectivity index (χ0) is 48.2. The van der Waals surface area contributed by atoms with Crippen molar-refractivity contribution in [2.75, 3.05) is 22.9 Å². The van der Waals surface area contributed by atoms with E-state index in [9.17, 15) is 0 Å². The molecule has 2 aliphatic heterocycles. The van der Waals surface area contributed by atoms with Crippen molar-refractivity contribution >= 4 is 44.3 Å². The molecule has 74 heavy (non-hydrogen) atoms. The van der Waals surface area contributed by atoms with Gasteiger partial charge in [-0.1, -0.05) is 182 Å². The zero-order valence-electron chi connectivity index (χ0n) is 41.2. The molecule has 2 nitrogen and oxygen atoms in total. The summed E-state index contributed by atoms with van der Waals surface area (Å²) in [4.78, 5) is 5.21. The molecule has 0 radical (unpaired) electrons. The average molecular weight is 945 g/mol. The van der Waals surface area contributed by atoms with Crippen LogP contribution in [-0.4, -0.2) is 13.1 Å². The minimum Gasteiger partial charge on any atom is -0.341 e. The van der Waals surface area contributed by atoms with E-state index >= 15 is 0 Å². The van der Waals surface area contributed by atoms with Crippen LogP contribution in [-0.2, 0) is 12.8 Å². The van der Waals surface area contributed by atoms with Crippen molar-refractivity contribution in [3.8, 4) is 22.3 Å². The highest BCUT2D eigenvalue weighted by atomic mass is 15.1. The summed E-state index contributed by atoms with van der Waals surface area (Å²) in [7, 11) is 0. The Morgan fingerprint density at radius 3 is 1.01 bits per heavy atom. The lowest BCUT2D eigenvalue weighted by Gasteiger charge is -2.43. The summed E-state index contributed by atoms with van der Waals surface area (Å²) in [5, 5.41) is 5.27. The molecule has 8 aliphatic rings. The second kappa shape index (κ2) is 15.5. The highest BCUT2D eigenvalue weighted by Crippen LogP contribution is 2.62. The molecule has 2 heteroatoms. The topological polar surface area (TPSA) is 6.48 Å². The van der Waals surface area contributed by atoms with Crippen LogP contribution in [0.25, 0.3) is 43.8 Å². The smallest absolute Gasteiger partial charge is 0.0443 e. The molecule has 11 aromatic rings. The van der Waals surface area contributed by atoms with Gasteiger partial charge in [0, 0.05) is 59.5 Å². The van der Waals surface area contributed by atoms with Crippen LogP contribution in [0.2, 0.25) is 0 Å². The van der Waals surface area contributed by atoms with Crippen molar-refractivity contribution in [3.05, 3.63) is 296 Å². The lowest BCUT2D eigenvalue weighted by Crippen LogP contribution is -2.28. The predicted octanol–water partition coefficient (Wildman–Crippen LogP) is 17.5. The molecule has 4 bridgehead atoms. The van der Waals surface area contributed by atoms with Gasteiger partial charge in [-0.3, -0.25) is 0 Å². The van der Waals surface area contributed by atoms with Gasteiger partial charge < -0.3 is 9.80 Å². The van der Waals surface area contributed by atoms with Gasteiger partial charge in [-0.25, -0.2) is 0 Å². The Kier molecular flexibility index (Phi) is 8.62. The molecule has 0 fully saturated rings. The number of hydrogen-bond donors (Lipinski definition) is 0. The fraction of sp³-hybridized carbons (Fsp3) is 0.139. The van der Waals surface area contributed by atoms with Gasteiger partial charge in [0.1, 0.15) is 0 Å². The van der Waals surface area contributed by atoms with Crippen LogP contribution in [0.3, 0.4) is 0 Å². The maximum Gasteiger partial charge on any atom is 0.0443 e. The number of para-hydroxylation sites is 2. The van der Waals surface area contributed by atoms with Crippen molar-refractivity contribution in [1.82, 2.24) is 0 Å². The Labute approximate surface area is 432 Å². The molecule has 0 atom stereocenters. The minimum absolute atomic E-state index is 0.126. The molecular weight excluding hydrogens is 893 g/mol. The van der Waals surface area contributed by atoms with Gasteiger partial charge in [0.15, 0.2) is 0 Å². The van der Waals surface area contributed by atoms with E-state index in [2.05, 4.69) is 228 Å². The van der Waals surface area contributed by atoms with Gasteiger partial charge >= 0.3 is 0 Å². The first-order valence-electron chi connectivity index (χ1n) is 27.1. The van der Waals surface area contributed by atoms with Crippen LogP contribution in [0.5, 0.6) is 0 Å². The Hall–Kier alpha value is -8.46. The monoisotopic (exact) mass is 944 g/mol. The molecule has 0 saturated heterocycles. The van der Waals surface area contributed by atoms with Crippen LogP contribution in [0.1, 0.15) is 114 Å². The fourth-order valence-corrected chi connectivity index (χ4v) is 15.6. The Morgan fingerprint density at radius 1 is 0.284 bits per heavy atom. The number of fused-ring (bicyclic) bond motifs is 4. The maximum atomic E-state index is 2.61. The summed E-state index contributed by atoms with van der Waals surface area (Å²) < 4.78 is 0. The summed E-state index contributed by atoms with van der Waals surface area (Å²) >= 11 is 0. The SMILES string of the molecule is c1ccc2c(c1)CCCN2c1ccc2c(-c3cccc4c3C3c5ccccc5C4c4ccccc43)c3cc(N4CCCc5ccccc54)ccc3c(-c3cccc4c3C3c5ccccc5C4c4ccccc43)c2c1. The van der Waals surface area contributed by atoms with Crippen molar-refractivity contribution < 1.29 is 0 Å². The van der Waals surface area contributed by atoms with Gasteiger partial charge in [-0.05, 0) is 184 Å². The van der Waals surface area contributed by atoms with E-state index in [0.29, 0.717) is 0 Å². The lowest BCUT2D eigenvalue weighted by atomic mass is 9.59. The summed E-state index contributed by atoms with van der Waals surface area (Å²) in [5.74, 6) is 0.618. The molecule has 0 saturated carbocycles. The van der Waals surface area contributed by atoms with Crippen LogP contribution in [0, 0.1) is 0 Å². The Bertz CT molecular complexity index is 3850. The van der Waals surface area contributed by atoms with Gasteiger partial charge in [-0.15, -0.1) is 0 Å². The third kappa shape index (κ3) is 5.55. The predicted molar refractivity (Wildman–Crippen MR) is 305 cm³/mol. The van der Waals surface area contributed by atoms with Gasteiger partial charge in [0.25, 0.3) is 0 Å². The van der Waals surface area contributed by atoms with E-state index in [-0.39, 0.29) is 23.7 Å². The molecule has 0 amide bonds. The molecule has 350 valence electrons. The molecule has 0 aromatic heterocycles. The molecule has 19 rings (SSSR count). The van der Waals surface area contributed by atoms with Crippen LogP contribution in [0.4, 0.5) is 22.7 Å². The van der Waals surface area contributed by atoms with Gasteiger partial charge in [0.05, 0.1) is 0 Å². The van der Waals surface area contributed by atoms with Crippen LogP contribution in [0.15, 0.2) is 218 Å². The molecule has 2 heterocycles. The van der Waals surface area contributed by atoms with E-state index in [0.717, 1.165) is 38.8 Å². The second-order valence-electron chi connectivity index (χ2n) is 21.8. The average Bonchev–Trinajstić information content (AvgIpc) is 3.48. The number of nitrogens with zero attached hydrogens (tertiary/aromatic N) is 2. The standard InChI is InChI=1S/C72H52N2/c1-11-33-63-43(17-1)19-15-39-73(63)45-35-37-55-61(41-45)67(59-31-13-29-57-65-47-21-3-7-25-51(47)69(71(57)59)52-26-8-4-22-48(52)65)56-38-36-46(74-40-16-20-44-18-2-12-34-64(44)74)42-62(56)68(55)60-32-14-30-58-66-49-23-5-9-27-53(49)70(72(58)60)54-28-10-6-24-50(54)66/h1-14,17-18,21-38,41-42,65-66,69-70H,15-16,19-20,39-40H2. The number of anilines is 4. The quantitative estimate of drug-likeness (QED) is 0.162. The Balaban J connectivity index is 1.01. The summed E-state index contributed by atoms with van der Waals surface area (Å²) in [6.45, 7) is 1.98. The summed E-state index contributed by atoms with van der Waals surface area (Å²) in [5.41, 5.74) is 30.9. The molecule has 0 unspecified atom stereocenters. The molecule has 6 aliphatic carbocycles. The van der Waals surface area contributed by atoms with Crippen molar-refractivity contribution in [2.24, 2.45) is 0 Å². The largest absolute Gasteiger partial charge is 0.341 e. The highest BCUT2D eigenvalue weighted by molar-refractivity contribution is 6.23. The first kappa shape index (κ1) is 41.1. The first-order chi connectivity index (χ1) is 36.8. The number of aryl methyl sites for hydroxylation is 2. The van der Waals surface area contributed by atoms with E-state index in [4.69, 9.17) is 0 Å². The molecular formula is C72H52N2. The third-order valence-electron chi connectivity index (χ3n) is 18.4. The normalized spacial score (nSPS) is 19.0. The van der Waals surface area contributed by atoms with E-state index < -0.39 is 0 Å². The van der Waals surface area contributed by atoms with Crippen molar-refractivity contribution in [1.29, 1.82) is 0 Å². The van der Waals surface area contributed by atoms with Crippen molar-refractivity contribution in [3.63, 3.8) is 0 Å². The van der Waals surface area contributed by atoms with Gasteiger partial charge in [0.2, 0.25) is 0 Å². The maximum absolute atomic E-state index is 2.61. The Morgan fingerprint density at radius 2 is 0.622 bits per heavy atom. The first-order valence-corrected chi connectivity index (χ1v) is 27.1. The number of rotatable bonds is 4. The van der Waals surface area contributed by atoms with Crippen molar-refractivity contribution in [2.45, 2.75) is 49.4 Å². The number of benzene rings is 11. The van der Waals surface area contributed by atoms with Gasteiger partial charge in [-0.2, -0.15) is 0 Å². The lowest BCUT2D eigenvalue weighted by molar-refractivity contribution is 0.756. The summed E-state index contributed by atoms with van der Waals surface area (Å²) in [6, 6.07) is 85.2. The fourth-order valence-electron chi connectivity index (χ4n) is 15.6. The summed E-state index contributed by atoms with van der Waals surface area (Å²) in [6.07, 6.45) is 4.48. The minimum atomic E-state index is 0.126. The third-order valence-corrected chi connectivity index (χ3v) is 18.4. The molecule has 11 aromatic carbocycles. The highest BCUT2D eigenvalue weighted by Gasteiger charge is 2.45. The van der Waals surface area contributed by atoms with E-state index in [1.54, 1.807) is 0 Å². The van der Waals surface area contributed by atoms with E-state index in [1.165, 1.54) is 144 Å². The molecule has 0 N–H and O–H groups in total. The van der Waals surface area contributed by atoms with Crippen LogP contribution < -0.4 is 9.80 Å². The molecule has 0 spiro atoms. The number of hydrogen-bond acceptors (Lipinski definition) is 2. The van der Waals surface area contributed by atoms with E-state index in [1.807, 2.05) is 0 Å².